The summed E-state index contributed by atoms with van der Waals surface area (Å²) >= 11 is 0. The van der Waals surface area contributed by atoms with Gasteiger partial charge in [0, 0.05) is 6.26 Å². The Kier molecular flexibility index (Phi) is 6.46. The molecule has 1 aromatic heterocycles. The van der Waals surface area contributed by atoms with Crippen molar-refractivity contribution in [3.05, 3.63) is 89.7 Å². The van der Waals surface area contributed by atoms with Gasteiger partial charge in [0.2, 0.25) is 5.91 Å². The second-order valence-electron chi connectivity index (χ2n) is 8.00. The molecule has 0 radical (unpaired) electrons. The van der Waals surface area contributed by atoms with Crippen LogP contribution in [0.25, 0.3) is 11.0 Å². The van der Waals surface area contributed by atoms with E-state index in [2.05, 4.69) is 10.3 Å². The number of benzene rings is 3. The number of carbonyl (C=O) groups excluding carboxylic acids is 1. The number of nitrogens with one attached hydrogen (secondary N) is 1. The lowest BCUT2D eigenvalue weighted by molar-refractivity contribution is -0.116. The van der Waals surface area contributed by atoms with E-state index in [0.29, 0.717) is 34.9 Å². The SMILES string of the molecule is Cc1ccc(NC(=O)Cn2c(CS(C)(=O)=O)nc3ccccc32)c(OCc2ccccc2)c1. The Morgan fingerprint density at radius 2 is 1.76 bits per heavy atom. The van der Waals surface area contributed by atoms with Gasteiger partial charge in [0.05, 0.1) is 16.7 Å². The number of hydrogen-bond donors (Lipinski definition) is 1. The number of aromatic nitrogens is 2. The summed E-state index contributed by atoms with van der Waals surface area (Å²) in [7, 11) is -3.32. The van der Waals surface area contributed by atoms with Crippen molar-refractivity contribution < 1.29 is 17.9 Å². The van der Waals surface area contributed by atoms with Crippen LogP contribution in [0.4, 0.5) is 5.69 Å². The largest absolute Gasteiger partial charge is 0.487 e. The van der Waals surface area contributed by atoms with Crippen LogP contribution in [0.5, 0.6) is 5.75 Å². The Morgan fingerprint density at radius 3 is 2.52 bits per heavy atom. The van der Waals surface area contributed by atoms with Crippen molar-refractivity contribution in [3.63, 3.8) is 0 Å². The predicted molar refractivity (Wildman–Crippen MR) is 129 cm³/mol. The quantitative estimate of drug-likeness (QED) is 0.425. The lowest BCUT2D eigenvalue weighted by Crippen LogP contribution is -2.21. The molecular formula is C25H25N3O4S. The fourth-order valence-electron chi connectivity index (χ4n) is 3.57. The summed E-state index contributed by atoms with van der Waals surface area (Å²) in [5.41, 5.74) is 3.93. The molecule has 7 nitrogen and oxygen atoms in total. The number of rotatable bonds is 8. The maximum Gasteiger partial charge on any atom is 0.244 e. The summed E-state index contributed by atoms with van der Waals surface area (Å²) in [6.45, 7) is 2.26. The van der Waals surface area contributed by atoms with Gasteiger partial charge in [-0.15, -0.1) is 0 Å². The molecule has 0 aliphatic heterocycles. The molecule has 8 heteroatoms. The van der Waals surface area contributed by atoms with Crippen molar-refractivity contribution in [2.75, 3.05) is 11.6 Å². The molecule has 1 N–H and O–H groups in total. The monoisotopic (exact) mass is 463 g/mol. The van der Waals surface area contributed by atoms with Gasteiger partial charge in [-0.2, -0.15) is 0 Å². The zero-order valence-electron chi connectivity index (χ0n) is 18.5. The lowest BCUT2D eigenvalue weighted by atomic mass is 10.2. The van der Waals surface area contributed by atoms with Crippen molar-refractivity contribution in [3.8, 4) is 5.75 Å². The highest BCUT2D eigenvalue weighted by Crippen LogP contribution is 2.27. The first-order valence-corrected chi connectivity index (χ1v) is 12.5. The summed E-state index contributed by atoms with van der Waals surface area (Å²) in [6, 6.07) is 22.6. The molecule has 0 saturated heterocycles. The number of hydrogen-bond acceptors (Lipinski definition) is 5. The Balaban J connectivity index is 1.56. The number of para-hydroxylation sites is 2. The van der Waals surface area contributed by atoms with Crippen molar-refractivity contribution in [1.82, 2.24) is 9.55 Å². The second kappa shape index (κ2) is 9.46. The van der Waals surface area contributed by atoms with E-state index in [-0.39, 0.29) is 18.2 Å². The number of carbonyl (C=O) groups is 1. The van der Waals surface area contributed by atoms with Gasteiger partial charge in [0.25, 0.3) is 0 Å². The number of amides is 1. The molecule has 0 fully saturated rings. The topological polar surface area (TPSA) is 90.3 Å². The molecule has 4 rings (SSSR count). The van der Waals surface area contributed by atoms with Crippen LogP contribution < -0.4 is 10.1 Å². The highest BCUT2D eigenvalue weighted by atomic mass is 32.2. The molecule has 1 amide bonds. The molecule has 0 aliphatic rings. The Bertz CT molecular complexity index is 1400. The van der Waals surface area contributed by atoms with Crippen molar-refractivity contribution in [2.24, 2.45) is 0 Å². The Hall–Kier alpha value is -3.65. The summed E-state index contributed by atoms with van der Waals surface area (Å²) in [5, 5.41) is 2.91. The molecule has 1 heterocycles. The third kappa shape index (κ3) is 5.78. The number of fused-ring (bicyclic) bond motifs is 1. The first kappa shape index (κ1) is 22.5. The number of anilines is 1. The maximum atomic E-state index is 13.0. The molecule has 170 valence electrons. The zero-order valence-corrected chi connectivity index (χ0v) is 19.3. The second-order valence-corrected chi connectivity index (χ2v) is 10.1. The average molecular weight is 464 g/mol. The highest BCUT2D eigenvalue weighted by Gasteiger charge is 2.18. The van der Waals surface area contributed by atoms with Gasteiger partial charge in [-0.1, -0.05) is 48.5 Å². The van der Waals surface area contributed by atoms with E-state index in [4.69, 9.17) is 4.74 Å². The average Bonchev–Trinajstić information content (AvgIpc) is 3.10. The number of sulfone groups is 1. The smallest absolute Gasteiger partial charge is 0.244 e. The van der Waals surface area contributed by atoms with E-state index in [1.807, 2.05) is 67.6 Å². The normalized spacial score (nSPS) is 11.5. The molecule has 0 atom stereocenters. The Labute approximate surface area is 193 Å². The number of imidazole rings is 1. The van der Waals surface area contributed by atoms with Crippen molar-refractivity contribution in [2.45, 2.75) is 25.8 Å². The van der Waals surface area contributed by atoms with Gasteiger partial charge in [0.1, 0.15) is 30.5 Å². The fraction of sp³-hybridized carbons (Fsp3) is 0.200. The fourth-order valence-corrected chi connectivity index (χ4v) is 4.26. The number of aryl methyl sites for hydroxylation is 1. The van der Waals surface area contributed by atoms with E-state index < -0.39 is 9.84 Å². The van der Waals surface area contributed by atoms with Crippen LogP contribution in [0.1, 0.15) is 17.0 Å². The molecule has 0 spiro atoms. The van der Waals surface area contributed by atoms with E-state index in [9.17, 15) is 13.2 Å². The van der Waals surface area contributed by atoms with E-state index in [0.717, 1.165) is 17.4 Å². The molecule has 0 aliphatic carbocycles. The number of nitrogens with zero attached hydrogens (tertiary/aromatic N) is 2. The van der Waals surface area contributed by atoms with Gasteiger partial charge >= 0.3 is 0 Å². The zero-order chi connectivity index (χ0) is 23.4. The maximum absolute atomic E-state index is 13.0. The molecule has 0 saturated carbocycles. The van der Waals surface area contributed by atoms with Crippen LogP contribution >= 0.6 is 0 Å². The van der Waals surface area contributed by atoms with Crippen LogP contribution in [-0.2, 0) is 33.5 Å². The highest BCUT2D eigenvalue weighted by molar-refractivity contribution is 7.89. The number of ether oxygens (including phenoxy) is 1. The van der Waals surface area contributed by atoms with Gasteiger partial charge in [-0.05, 0) is 42.3 Å². The third-order valence-electron chi connectivity index (χ3n) is 5.07. The van der Waals surface area contributed by atoms with Gasteiger partial charge in [0.15, 0.2) is 9.84 Å². The molecule has 0 bridgehead atoms. The molecular weight excluding hydrogens is 438 g/mol. The van der Waals surface area contributed by atoms with Gasteiger partial charge in [-0.3, -0.25) is 4.79 Å². The minimum atomic E-state index is -3.32. The van der Waals surface area contributed by atoms with Gasteiger partial charge in [-0.25, -0.2) is 13.4 Å². The van der Waals surface area contributed by atoms with Crippen molar-refractivity contribution in [1.29, 1.82) is 0 Å². The molecule has 4 aromatic rings. The van der Waals surface area contributed by atoms with E-state index >= 15 is 0 Å². The summed E-state index contributed by atoms with van der Waals surface area (Å²) in [5.74, 6) is 0.351. The van der Waals surface area contributed by atoms with Crippen LogP contribution in [-0.4, -0.2) is 30.1 Å². The van der Waals surface area contributed by atoms with E-state index in [1.165, 1.54) is 0 Å². The summed E-state index contributed by atoms with van der Waals surface area (Å²) in [4.78, 5) is 17.4. The molecule has 3 aromatic carbocycles. The standard InChI is InChI=1S/C25H25N3O4S/c1-18-12-13-21(23(14-18)32-16-19-8-4-3-5-9-19)27-25(29)15-28-22-11-7-6-10-20(22)26-24(28)17-33(2,30)31/h3-14H,15-17H2,1-2H3,(H,27,29). The summed E-state index contributed by atoms with van der Waals surface area (Å²) in [6.07, 6.45) is 1.15. The van der Waals surface area contributed by atoms with Gasteiger partial charge < -0.3 is 14.6 Å². The molecule has 33 heavy (non-hydrogen) atoms. The van der Waals surface area contributed by atoms with Crippen LogP contribution in [0.2, 0.25) is 0 Å². The van der Waals surface area contributed by atoms with Crippen LogP contribution in [0.15, 0.2) is 72.8 Å². The minimum absolute atomic E-state index is 0.0721. The summed E-state index contributed by atoms with van der Waals surface area (Å²) < 4.78 is 31.4. The van der Waals surface area contributed by atoms with Crippen LogP contribution in [0, 0.1) is 6.92 Å². The van der Waals surface area contributed by atoms with Crippen molar-refractivity contribution >= 4 is 32.5 Å². The first-order chi connectivity index (χ1) is 15.8. The molecule has 0 unspecified atom stereocenters. The Morgan fingerprint density at radius 1 is 1.03 bits per heavy atom. The lowest BCUT2D eigenvalue weighted by Gasteiger charge is -2.15. The van der Waals surface area contributed by atoms with Crippen LogP contribution in [0.3, 0.4) is 0 Å². The first-order valence-electron chi connectivity index (χ1n) is 10.5. The minimum Gasteiger partial charge on any atom is -0.487 e. The predicted octanol–water partition coefficient (Wildman–Crippen LogP) is 4.11. The van der Waals surface area contributed by atoms with E-state index in [1.54, 1.807) is 16.7 Å². The third-order valence-corrected chi connectivity index (χ3v) is 5.86.